The molecule has 0 bridgehead atoms. The zero-order valence-electron chi connectivity index (χ0n) is 12.1. The van der Waals surface area contributed by atoms with Crippen molar-refractivity contribution in [2.45, 2.75) is 19.3 Å². The highest BCUT2D eigenvalue weighted by atomic mass is 19.2. The van der Waals surface area contributed by atoms with Gasteiger partial charge in [0.15, 0.2) is 17.5 Å². The van der Waals surface area contributed by atoms with E-state index >= 15 is 0 Å². The summed E-state index contributed by atoms with van der Waals surface area (Å²) in [5.41, 5.74) is -1.43. The number of hydrogen-bond acceptors (Lipinski definition) is 2. The lowest BCUT2D eigenvalue weighted by Gasteiger charge is -2.23. The molecule has 1 saturated heterocycles. The van der Waals surface area contributed by atoms with Crippen LogP contribution in [0.5, 0.6) is 0 Å². The predicted molar refractivity (Wildman–Crippen MR) is 74.3 cm³/mol. The van der Waals surface area contributed by atoms with Gasteiger partial charge in [-0.2, -0.15) is 0 Å². The largest absolute Gasteiger partial charge is 0.481 e. The van der Waals surface area contributed by atoms with Gasteiger partial charge in [0.05, 0.1) is 11.1 Å². The highest BCUT2D eigenvalue weighted by Gasteiger charge is 2.55. The SMILES string of the molecule is O=C(Nc1ccc(F)c(F)c1F)N1C[C@@H]2CCC[C@@]2(C(=O)O)C1. The first-order valence-electron chi connectivity index (χ1n) is 7.28. The molecule has 0 radical (unpaired) electrons. The number of likely N-dealkylation sites (tertiary alicyclic amines) is 1. The third kappa shape index (κ3) is 2.42. The summed E-state index contributed by atoms with van der Waals surface area (Å²) in [6.07, 6.45) is 2.01. The third-order valence-corrected chi connectivity index (χ3v) is 4.86. The van der Waals surface area contributed by atoms with Crippen molar-refractivity contribution < 1.29 is 27.9 Å². The molecule has 1 aromatic rings. The summed E-state index contributed by atoms with van der Waals surface area (Å²) < 4.78 is 39.7. The van der Waals surface area contributed by atoms with Gasteiger partial charge in [-0.25, -0.2) is 18.0 Å². The van der Waals surface area contributed by atoms with Crippen molar-refractivity contribution in [2.24, 2.45) is 11.3 Å². The van der Waals surface area contributed by atoms with E-state index in [-0.39, 0.29) is 19.0 Å². The van der Waals surface area contributed by atoms with Gasteiger partial charge in [0.2, 0.25) is 0 Å². The molecular formula is C15H15F3N2O3. The second-order valence-electron chi connectivity index (χ2n) is 6.08. The van der Waals surface area contributed by atoms with Gasteiger partial charge in [0, 0.05) is 13.1 Å². The van der Waals surface area contributed by atoms with Crippen molar-refractivity contribution >= 4 is 17.7 Å². The zero-order valence-corrected chi connectivity index (χ0v) is 12.1. The van der Waals surface area contributed by atoms with Gasteiger partial charge in [-0.1, -0.05) is 6.42 Å². The second-order valence-corrected chi connectivity index (χ2v) is 6.08. The van der Waals surface area contributed by atoms with E-state index in [1.807, 2.05) is 0 Å². The Morgan fingerprint density at radius 1 is 1.26 bits per heavy atom. The molecule has 1 aliphatic carbocycles. The number of carboxylic acid groups (broad SMARTS) is 1. The summed E-state index contributed by atoms with van der Waals surface area (Å²) in [6, 6.07) is 0.922. The minimum absolute atomic E-state index is 0.0319. The molecule has 2 aliphatic rings. The number of aliphatic carboxylic acids is 1. The van der Waals surface area contributed by atoms with E-state index in [1.165, 1.54) is 4.90 Å². The highest BCUT2D eigenvalue weighted by Crippen LogP contribution is 2.48. The van der Waals surface area contributed by atoms with Crippen LogP contribution in [0.4, 0.5) is 23.7 Å². The topological polar surface area (TPSA) is 69.6 Å². The van der Waals surface area contributed by atoms with Gasteiger partial charge in [0.1, 0.15) is 0 Å². The number of amides is 2. The zero-order chi connectivity index (χ0) is 16.8. The van der Waals surface area contributed by atoms with Crippen LogP contribution in [0.3, 0.4) is 0 Å². The van der Waals surface area contributed by atoms with Crippen LogP contribution in [-0.4, -0.2) is 35.1 Å². The van der Waals surface area contributed by atoms with Crippen molar-refractivity contribution in [3.05, 3.63) is 29.6 Å². The van der Waals surface area contributed by atoms with E-state index in [0.29, 0.717) is 12.5 Å². The molecule has 1 aliphatic heterocycles. The van der Waals surface area contributed by atoms with Crippen molar-refractivity contribution in [3.63, 3.8) is 0 Å². The summed E-state index contributed by atoms with van der Waals surface area (Å²) in [5.74, 6) is -5.57. The molecule has 2 amide bonds. The quantitative estimate of drug-likeness (QED) is 0.820. The third-order valence-electron chi connectivity index (χ3n) is 4.86. The number of carbonyl (C=O) groups is 2. The molecule has 5 nitrogen and oxygen atoms in total. The molecule has 23 heavy (non-hydrogen) atoms. The molecule has 1 aromatic carbocycles. The van der Waals surface area contributed by atoms with Crippen LogP contribution in [0.25, 0.3) is 0 Å². The average molecular weight is 328 g/mol. The van der Waals surface area contributed by atoms with Crippen molar-refractivity contribution in [1.29, 1.82) is 0 Å². The van der Waals surface area contributed by atoms with Gasteiger partial charge in [-0.3, -0.25) is 4.79 Å². The molecule has 2 atom stereocenters. The molecule has 8 heteroatoms. The summed E-state index contributed by atoms with van der Waals surface area (Å²) >= 11 is 0. The molecule has 0 aromatic heterocycles. The lowest BCUT2D eigenvalue weighted by atomic mass is 9.81. The van der Waals surface area contributed by atoms with Crippen LogP contribution < -0.4 is 5.32 Å². The normalized spacial score (nSPS) is 26.2. The molecule has 124 valence electrons. The molecule has 1 heterocycles. The van der Waals surface area contributed by atoms with Crippen LogP contribution in [0.2, 0.25) is 0 Å². The summed E-state index contributed by atoms with van der Waals surface area (Å²) in [5, 5.41) is 11.6. The smallest absolute Gasteiger partial charge is 0.321 e. The first kappa shape index (κ1) is 15.6. The fourth-order valence-corrected chi connectivity index (χ4v) is 3.61. The first-order valence-corrected chi connectivity index (χ1v) is 7.28. The Morgan fingerprint density at radius 3 is 2.65 bits per heavy atom. The van der Waals surface area contributed by atoms with Crippen molar-refractivity contribution in [1.82, 2.24) is 4.90 Å². The number of anilines is 1. The van der Waals surface area contributed by atoms with Gasteiger partial charge in [0.25, 0.3) is 0 Å². The van der Waals surface area contributed by atoms with Crippen LogP contribution in [0.15, 0.2) is 12.1 Å². The number of rotatable bonds is 2. The lowest BCUT2D eigenvalue weighted by Crippen LogP contribution is -2.38. The second kappa shape index (κ2) is 5.43. The summed E-state index contributed by atoms with van der Waals surface area (Å²) in [7, 11) is 0. The van der Waals surface area contributed by atoms with Crippen molar-refractivity contribution in [3.8, 4) is 0 Å². The van der Waals surface area contributed by atoms with Crippen LogP contribution in [0, 0.1) is 28.8 Å². The van der Waals surface area contributed by atoms with E-state index in [1.54, 1.807) is 0 Å². The molecule has 3 rings (SSSR count). The lowest BCUT2D eigenvalue weighted by molar-refractivity contribution is -0.149. The Bertz CT molecular complexity index is 682. The Hall–Kier alpha value is -2.25. The molecule has 0 spiro atoms. The van der Waals surface area contributed by atoms with E-state index in [9.17, 15) is 27.9 Å². The van der Waals surface area contributed by atoms with E-state index < -0.39 is 40.6 Å². The van der Waals surface area contributed by atoms with Gasteiger partial charge < -0.3 is 15.3 Å². The van der Waals surface area contributed by atoms with Crippen LogP contribution in [0.1, 0.15) is 19.3 Å². The average Bonchev–Trinajstić information content (AvgIpc) is 3.06. The maximum Gasteiger partial charge on any atom is 0.321 e. The minimum atomic E-state index is -1.66. The fourth-order valence-electron chi connectivity index (χ4n) is 3.61. The standard InChI is InChI=1S/C15H15F3N2O3/c16-9-3-4-10(12(18)11(9)17)19-14(23)20-6-8-2-1-5-15(8,7-20)13(21)22/h3-4,8H,1-2,5-7H2,(H,19,23)(H,21,22)/t8-,15+/m0/s1. The Balaban J connectivity index is 1.76. The highest BCUT2D eigenvalue weighted by molar-refractivity contribution is 5.90. The number of nitrogens with zero attached hydrogens (tertiary/aromatic N) is 1. The molecule has 2 N–H and O–H groups in total. The maximum absolute atomic E-state index is 13.6. The fraction of sp³-hybridized carbons (Fsp3) is 0.467. The number of halogens is 3. The monoisotopic (exact) mass is 328 g/mol. The molecule has 1 saturated carbocycles. The Morgan fingerprint density at radius 2 is 2.00 bits per heavy atom. The number of carbonyl (C=O) groups excluding carboxylic acids is 1. The number of carboxylic acids is 1. The summed E-state index contributed by atoms with van der Waals surface area (Å²) in [4.78, 5) is 25.0. The number of fused-ring (bicyclic) bond motifs is 1. The number of nitrogens with one attached hydrogen (secondary N) is 1. The van der Waals surface area contributed by atoms with Gasteiger partial charge in [-0.05, 0) is 30.9 Å². The number of urea groups is 1. The number of hydrogen-bond donors (Lipinski definition) is 2. The maximum atomic E-state index is 13.6. The molecule has 2 fully saturated rings. The molecule has 0 unspecified atom stereocenters. The van der Waals surface area contributed by atoms with E-state index in [0.717, 1.165) is 18.9 Å². The predicted octanol–water partition coefficient (Wildman–Crippen LogP) is 2.82. The Kier molecular flexibility index (Phi) is 3.69. The molecular weight excluding hydrogens is 313 g/mol. The van der Waals surface area contributed by atoms with Crippen LogP contribution >= 0.6 is 0 Å². The minimum Gasteiger partial charge on any atom is -0.481 e. The van der Waals surface area contributed by atoms with Gasteiger partial charge >= 0.3 is 12.0 Å². The van der Waals surface area contributed by atoms with E-state index in [4.69, 9.17) is 0 Å². The summed E-state index contributed by atoms with van der Waals surface area (Å²) in [6.45, 7) is 0.285. The number of benzene rings is 1. The van der Waals surface area contributed by atoms with E-state index in [2.05, 4.69) is 5.32 Å². The Labute approximate surface area is 130 Å². The van der Waals surface area contributed by atoms with Crippen molar-refractivity contribution in [2.75, 3.05) is 18.4 Å². The van der Waals surface area contributed by atoms with Crippen LogP contribution in [-0.2, 0) is 4.79 Å². The first-order chi connectivity index (χ1) is 10.8. The van der Waals surface area contributed by atoms with Gasteiger partial charge in [-0.15, -0.1) is 0 Å².